The van der Waals surface area contributed by atoms with Crippen LogP contribution in [0.2, 0.25) is 0 Å². The second-order valence-electron chi connectivity index (χ2n) is 10.6. The third-order valence-corrected chi connectivity index (χ3v) is 9.58. The van der Waals surface area contributed by atoms with Gasteiger partial charge >= 0.3 is 0 Å². The number of hydrogen-bond donors (Lipinski definition) is 0. The maximum Gasteiger partial charge on any atom is 0.0788 e. The first-order chi connectivity index (χ1) is 20.3. The van der Waals surface area contributed by atoms with Gasteiger partial charge in [-0.05, 0) is 53.6 Å². The summed E-state index contributed by atoms with van der Waals surface area (Å²) in [4.78, 5) is 0. The predicted molar refractivity (Wildman–Crippen MR) is 176 cm³/mol. The van der Waals surface area contributed by atoms with Crippen LogP contribution in [-0.4, -0.2) is 9.13 Å². The maximum absolute atomic E-state index is 2.44. The number of hydrogen-bond acceptors (Lipinski definition) is 1. The third kappa shape index (κ3) is 3.30. The highest BCUT2D eigenvalue weighted by Crippen LogP contribution is 2.41. The van der Waals surface area contributed by atoms with Crippen molar-refractivity contribution in [1.29, 1.82) is 0 Å². The fourth-order valence-corrected chi connectivity index (χ4v) is 7.75. The van der Waals surface area contributed by atoms with Gasteiger partial charge in [0.1, 0.15) is 0 Å². The minimum absolute atomic E-state index is 1.16. The first-order valence-electron chi connectivity index (χ1n) is 13.9. The predicted octanol–water partition coefficient (Wildman–Crippen LogP) is 10.8. The van der Waals surface area contributed by atoms with Crippen molar-refractivity contribution in [1.82, 2.24) is 9.13 Å². The van der Waals surface area contributed by atoms with Crippen LogP contribution < -0.4 is 0 Å². The van der Waals surface area contributed by atoms with Gasteiger partial charge in [-0.15, -0.1) is 11.3 Å². The number of rotatable bonds is 3. The van der Waals surface area contributed by atoms with E-state index in [-0.39, 0.29) is 0 Å². The average Bonchev–Trinajstić information content (AvgIpc) is 3.73. The Bertz CT molecular complexity index is 2400. The third-order valence-electron chi connectivity index (χ3n) is 8.36. The van der Waals surface area contributed by atoms with Gasteiger partial charge in [0, 0.05) is 53.9 Å². The van der Waals surface area contributed by atoms with E-state index < -0.39 is 0 Å². The smallest absolute Gasteiger partial charge is 0.0788 e. The molecule has 0 bridgehead atoms. The number of nitrogens with zero attached hydrogens (tertiary/aromatic N) is 2. The lowest BCUT2D eigenvalue weighted by Gasteiger charge is -2.12. The van der Waals surface area contributed by atoms with Crippen LogP contribution >= 0.6 is 11.3 Å². The summed E-state index contributed by atoms with van der Waals surface area (Å²) in [6.45, 7) is 0. The lowest BCUT2D eigenvalue weighted by molar-refractivity contribution is 1.12. The van der Waals surface area contributed by atoms with E-state index in [4.69, 9.17) is 0 Å². The summed E-state index contributed by atoms with van der Waals surface area (Å²) in [6.07, 6.45) is 2.19. The van der Waals surface area contributed by atoms with Crippen molar-refractivity contribution in [2.75, 3.05) is 0 Å². The Hall–Kier alpha value is -5.12. The molecule has 0 aliphatic carbocycles. The molecule has 3 aromatic heterocycles. The van der Waals surface area contributed by atoms with E-state index >= 15 is 0 Å². The molecule has 6 aromatic carbocycles. The van der Waals surface area contributed by atoms with Crippen LogP contribution in [0.25, 0.3) is 75.4 Å². The normalized spacial score (nSPS) is 11.9. The monoisotopic (exact) mass is 540 g/mol. The summed E-state index contributed by atoms with van der Waals surface area (Å²) in [6, 6.07) is 50.7. The van der Waals surface area contributed by atoms with Crippen molar-refractivity contribution in [2.45, 2.75) is 0 Å². The van der Waals surface area contributed by atoms with Crippen LogP contribution in [0.3, 0.4) is 0 Å². The number of fused-ring (bicyclic) bond motifs is 8. The second-order valence-corrected chi connectivity index (χ2v) is 11.7. The molecule has 3 heteroatoms. The Balaban J connectivity index is 1.29. The summed E-state index contributed by atoms with van der Waals surface area (Å²) in [5.41, 5.74) is 8.54. The topological polar surface area (TPSA) is 9.86 Å². The van der Waals surface area contributed by atoms with Gasteiger partial charge in [-0.1, -0.05) is 97.1 Å². The highest BCUT2D eigenvalue weighted by Gasteiger charge is 2.18. The van der Waals surface area contributed by atoms with E-state index in [0.717, 1.165) is 5.69 Å². The molecule has 192 valence electrons. The van der Waals surface area contributed by atoms with Crippen LogP contribution in [0.4, 0.5) is 0 Å². The van der Waals surface area contributed by atoms with Gasteiger partial charge in [-0.2, -0.15) is 0 Å². The SMILES string of the molecule is c1ccc(-n2ccc3ccc4c5ccccc5n(-c5ccc(-c6cccc7c6sc6ccccc67)cc5)c4c32)cc1. The molecule has 0 atom stereocenters. The summed E-state index contributed by atoms with van der Waals surface area (Å²) < 4.78 is 7.45. The van der Waals surface area contributed by atoms with Crippen molar-refractivity contribution in [3.8, 4) is 22.5 Å². The zero-order valence-corrected chi connectivity index (χ0v) is 23.0. The summed E-state index contributed by atoms with van der Waals surface area (Å²) in [5, 5.41) is 6.44. The van der Waals surface area contributed by atoms with Crippen molar-refractivity contribution in [3.63, 3.8) is 0 Å². The minimum Gasteiger partial charge on any atom is -0.315 e. The van der Waals surface area contributed by atoms with Crippen LogP contribution in [-0.2, 0) is 0 Å². The van der Waals surface area contributed by atoms with Gasteiger partial charge in [0.15, 0.2) is 0 Å². The minimum atomic E-state index is 1.16. The first kappa shape index (κ1) is 22.7. The summed E-state index contributed by atoms with van der Waals surface area (Å²) >= 11 is 1.88. The fourth-order valence-electron chi connectivity index (χ4n) is 6.51. The lowest BCUT2D eigenvalue weighted by atomic mass is 10.0. The lowest BCUT2D eigenvalue weighted by Crippen LogP contribution is -1.98. The second kappa shape index (κ2) is 8.69. The van der Waals surface area contributed by atoms with E-state index in [2.05, 4.69) is 155 Å². The Morgan fingerprint density at radius 2 is 1.22 bits per heavy atom. The van der Waals surface area contributed by atoms with Crippen LogP contribution in [0, 0.1) is 0 Å². The van der Waals surface area contributed by atoms with E-state index in [0.29, 0.717) is 0 Å². The highest BCUT2D eigenvalue weighted by molar-refractivity contribution is 7.26. The van der Waals surface area contributed by atoms with Gasteiger partial charge in [-0.25, -0.2) is 0 Å². The Labute approximate surface area is 240 Å². The molecule has 0 unspecified atom stereocenters. The van der Waals surface area contributed by atoms with E-state index in [1.165, 1.54) is 69.7 Å². The molecule has 0 aliphatic heterocycles. The molecule has 0 amide bonds. The van der Waals surface area contributed by atoms with E-state index in [9.17, 15) is 0 Å². The molecule has 41 heavy (non-hydrogen) atoms. The molecule has 3 heterocycles. The number of para-hydroxylation sites is 2. The molecule has 0 radical (unpaired) electrons. The molecule has 0 aliphatic rings. The molecule has 0 N–H and O–H groups in total. The molecule has 2 nitrogen and oxygen atoms in total. The van der Waals surface area contributed by atoms with Gasteiger partial charge in [-0.3, -0.25) is 0 Å². The number of aromatic nitrogens is 2. The van der Waals surface area contributed by atoms with E-state index in [1.54, 1.807) is 0 Å². The Kier molecular flexibility index (Phi) is 4.80. The van der Waals surface area contributed by atoms with Gasteiger partial charge in [0.2, 0.25) is 0 Å². The van der Waals surface area contributed by atoms with Crippen LogP contribution in [0.5, 0.6) is 0 Å². The number of thiophene rings is 1. The van der Waals surface area contributed by atoms with E-state index in [1.807, 2.05) is 11.3 Å². The van der Waals surface area contributed by atoms with Gasteiger partial charge in [0.05, 0.1) is 16.6 Å². The maximum atomic E-state index is 2.44. The summed E-state index contributed by atoms with van der Waals surface area (Å²) in [7, 11) is 0. The Morgan fingerprint density at radius 1 is 0.463 bits per heavy atom. The van der Waals surface area contributed by atoms with Crippen LogP contribution in [0.15, 0.2) is 146 Å². The summed E-state index contributed by atoms with van der Waals surface area (Å²) in [5.74, 6) is 0. The molecular formula is C38H24N2S. The zero-order valence-electron chi connectivity index (χ0n) is 22.2. The van der Waals surface area contributed by atoms with Crippen molar-refractivity contribution >= 4 is 64.2 Å². The van der Waals surface area contributed by atoms with Gasteiger partial charge < -0.3 is 9.13 Å². The quantitative estimate of drug-likeness (QED) is 0.211. The largest absolute Gasteiger partial charge is 0.315 e. The van der Waals surface area contributed by atoms with Gasteiger partial charge in [0.25, 0.3) is 0 Å². The van der Waals surface area contributed by atoms with Crippen molar-refractivity contribution in [2.24, 2.45) is 0 Å². The Morgan fingerprint density at radius 3 is 2.10 bits per heavy atom. The molecular weight excluding hydrogens is 516 g/mol. The molecule has 9 rings (SSSR count). The van der Waals surface area contributed by atoms with Crippen molar-refractivity contribution in [3.05, 3.63) is 146 Å². The van der Waals surface area contributed by atoms with Crippen molar-refractivity contribution < 1.29 is 0 Å². The average molecular weight is 541 g/mol. The molecule has 0 spiro atoms. The first-order valence-corrected chi connectivity index (χ1v) is 14.8. The highest BCUT2D eigenvalue weighted by atomic mass is 32.1. The standard InChI is InChI=1S/C38H24N2S/c1-2-9-27(10-3-1)39-24-23-26-19-22-32-30-11-4-6-15-34(30)40(37(32)36(26)39)28-20-17-25(18-21-28)29-13-8-14-33-31-12-5-7-16-35(31)41-38(29)33/h1-24H. The molecule has 0 saturated heterocycles. The molecule has 0 saturated carbocycles. The molecule has 9 aromatic rings. The fraction of sp³-hybridized carbons (Fsp3) is 0. The number of benzene rings is 6. The zero-order chi connectivity index (χ0) is 26.9. The molecule has 0 fully saturated rings. The van der Waals surface area contributed by atoms with Crippen LogP contribution in [0.1, 0.15) is 0 Å².